The number of rotatable bonds is 5. The van der Waals surface area contributed by atoms with Gasteiger partial charge in [-0.2, -0.15) is 5.26 Å². The Hall–Kier alpha value is -2.35. The Kier molecular flexibility index (Phi) is 6.27. The van der Waals surface area contributed by atoms with E-state index in [1.165, 1.54) is 0 Å². The SMILES string of the molecule is N#C/C(=C\c1cc(Br)c(OCc2ccccc2)c(Br)c1)c1ccccc1. The van der Waals surface area contributed by atoms with Gasteiger partial charge in [0.05, 0.1) is 20.6 Å². The van der Waals surface area contributed by atoms with Crippen molar-refractivity contribution in [3.8, 4) is 11.8 Å². The van der Waals surface area contributed by atoms with E-state index in [2.05, 4.69) is 37.9 Å². The average Bonchev–Trinajstić information content (AvgIpc) is 2.67. The summed E-state index contributed by atoms with van der Waals surface area (Å²) in [5, 5.41) is 9.48. The average molecular weight is 469 g/mol. The van der Waals surface area contributed by atoms with Crippen LogP contribution in [0.5, 0.6) is 5.75 Å². The third-order valence-corrected chi connectivity index (χ3v) is 4.94. The van der Waals surface area contributed by atoms with E-state index in [1.54, 1.807) is 0 Å². The molecular weight excluding hydrogens is 454 g/mol. The highest BCUT2D eigenvalue weighted by atomic mass is 79.9. The van der Waals surface area contributed by atoms with Crippen LogP contribution >= 0.6 is 31.9 Å². The van der Waals surface area contributed by atoms with Crippen LogP contribution < -0.4 is 4.74 Å². The van der Waals surface area contributed by atoms with Gasteiger partial charge in [-0.15, -0.1) is 0 Å². The zero-order valence-corrected chi connectivity index (χ0v) is 17.0. The molecule has 0 unspecified atom stereocenters. The Labute approximate surface area is 170 Å². The first kappa shape index (κ1) is 18.4. The topological polar surface area (TPSA) is 33.0 Å². The predicted octanol–water partition coefficient (Wildman–Crippen LogP) is 6.85. The minimum absolute atomic E-state index is 0.487. The second-order valence-corrected chi connectivity index (χ2v) is 7.33. The fraction of sp³-hybridized carbons (Fsp3) is 0.0455. The first-order valence-electron chi connectivity index (χ1n) is 8.00. The summed E-state index contributed by atoms with van der Waals surface area (Å²) < 4.78 is 7.61. The lowest BCUT2D eigenvalue weighted by atomic mass is 10.0. The molecule has 26 heavy (non-hydrogen) atoms. The Morgan fingerprint density at radius 3 is 2.08 bits per heavy atom. The maximum Gasteiger partial charge on any atom is 0.148 e. The number of nitriles is 1. The fourth-order valence-electron chi connectivity index (χ4n) is 2.49. The van der Waals surface area contributed by atoms with Gasteiger partial charge in [0.2, 0.25) is 0 Å². The van der Waals surface area contributed by atoms with Crippen molar-refractivity contribution in [3.05, 3.63) is 98.4 Å². The Morgan fingerprint density at radius 1 is 0.923 bits per heavy atom. The van der Waals surface area contributed by atoms with Gasteiger partial charge < -0.3 is 4.74 Å². The van der Waals surface area contributed by atoms with Crippen molar-refractivity contribution in [1.82, 2.24) is 0 Å². The van der Waals surface area contributed by atoms with Gasteiger partial charge in [-0.05, 0) is 66.8 Å². The van der Waals surface area contributed by atoms with Gasteiger partial charge in [0.25, 0.3) is 0 Å². The van der Waals surface area contributed by atoms with Gasteiger partial charge in [-0.3, -0.25) is 0 Å². The van der Waals surface area contributed by atoms with Crippen LogP contribution in [0.3, 0.4) is 0 Å². The van der Waals surface area contributed by atoms with Crippen molar-refractivity contribution in [2.45, 2.75) is 6.61 Å². The number of allylic oxidation sites excluding steroid dienone is 1. The molecule has 0 N–H and O–H groups in total. The summed E-state index contributed by atoms with van der Waals surface area (Å²) in [4.78, 5) is 0. The van der Waals surface area contributed by atoms with Crippen LogP contribution in [0.2, 0.25) is 0 Å². The molecule has 2 nitrogen and oxygen atoms in total. The molecule has 4 heteroatoms. The summed E-state index contributed by atoms with van der Waals surface area (Å²) in [6, 6.07) is 25.8. The van der Waals surface area contributed by atoms with E-state index in [0.29, 0.717) is 12.2 Å². The summed E-state index contributed by atoms with van der Waals surface area (Å²) in [5.41, 5.74) is 3.52. The van der Waals surface area contributed by atoms with E-state index in [4.69, 9.17) is 4.74 Å². The van der Waals surface area contributed by atoms with E-state index in [-0.39, 0.29) is 0 Å². The lowest BCUT2D eigenvalue weighted by Crippen LogP contribution is -1.97. The van der Waals surface area contributed by atoms with Gasteiger partial charge in [-0.1, -0.05) is 60.7 Å². The van der Waals surface area contributed by atoms with Crippen molar-refractivity contribution in [1.29, 1.82) is 5.26 Å². The minimum atomic E-state index is 0.487. The number of hydrogen-bond acceptors (Lipinski definition) is 2. The first-order valence-corrected chi connectivity index (χ1v) is 9.59. The molecule has 3 rings (SSSR count). The molecule has 0 spiro atoms. The van der Waals surface area contributed by atoms with Crippen molar-refractivity contribution in [2.75, 3.05) is 0 Å². The highest BCUT2D eigenvalue weighted by Crippen LogP contribution is 2.36. The Balaban J connectivity index is 1.85. The largest absolute Gasteiger partial charge is 0.487 e. The highest BCUT2D eigenvalue weighted by molar-refractivity contribution is 9.11. The van der Waals surface area contributed by atoms with Crippen LogP contribution in [0.15, 0.2) is 81.7 Å². The smallest absolute Gasteiger partial charge is 0.148 e. The van der Waals surface area contributed by atoms with Gasteiger partial charge in [-0.25, -0.2) is 0 Å². The summed E-state index contributed by atoms with van der Waals surface area (Å²) in [7, 11) is 0. The molecule has 0 fully saturated rings. The quantitative estimate of drug-likeness (QED) is 0.302. The molecule has 0 heterocycles. The second kappa shape index (κ2) is 8.84. The third kappa shape index (κ3) is 4.63. The van der Waals surface area contributed by atoms with Gasteiger partial charge in [0, 0.05) is 0 Å². The predicted molar refractivity (Wildman–Crippen MR) is 113 cm³/mol. The van der Waals surface area contributed by atoms with Gasteiger partial charge in [0.1, 0.15) is 12.4 Å². The molecule has 0 aromatic heterocycles. The molecule has 0 saturated heterocycles. The molecule has 0 amide bonds. The van der Waals surface area contributed by atoms with Crippen molar-refractivity contribution in [2.24, 2.45) is 0 Å². The maximum absolute atomic E-state index is 9.48. The number of hydrogen-bond donors (Lipinski definition) is 0. The van der Waals surface area contributed by atoms with Crippen LogP contribution in [0.1, 0.15) is 16.7 Å². The van der Waals surface area contributed by atoms with E-state index in [9.17, 15) is 5.26 Å². The van der Waals surface area contributed by atoms with Gasteiger partial charge >= 0.3 is 0 Å². The second-order valence-electron chi connectivity index (χ2n) is 5.62. The third-order valence-electron chi connectivity index (χ3n) is 3.76. The van der Waals surface area contributed by atoms with Crippen molar-refractivity contribution >= 4 is 43.5 Å². The molecule has 0 aliphatic heterocycles. The van der Waals surface area contributed by atoms with Crippen LogP contribution in [0, 0.1) is 11.3 Å². The minimum Gasteiger partial charge on any atom is -0.487 e. The van der Waals surface area contributed by atoms with Gasteiger partial charge in [0.15, 0.2) is 0 Å². The lowest BCUT2D eigenvalue weighted by Gasteiger charge is -2.12. The number of ether oxygens (including phenoxy) is 1. The van der Waals surface area contributed by atoms with Crippen LogP contribution in [-0.2, 0) is 6.61 Å². The molecule has 0 aliphatic rings. The molecule has 0 aliphatic carbocycles. The summed E-state index contributed by atoms with van der Waals surface area (Å²) in [6.07, 6.45) is 1.87. The van der Waals surface area contributed by atoms with E-state index < -0.39 is 0 Å². The molecule has 128 valence electrons. The maximum atomic E-state index is 9.48. The number of nitrogens with zero attached hydrogens (tertiary/aromatic N) is 1. The van der Waals surface area contributed by atoms with Crippen LogP contribution in [0.25, 0.3) is 11.6 Å². The van der Waals surface area contributed by atoms with E-state index in [1.807, 2.05) is 78.9 Å². The van der Waals surface area contributed by atoms with E-state index in [0.717, 1.165) is 31.4 Å². The molecule has 3 aromatic carbocycles. The van der Waals surface area contributed by atoms with Crippen molar-refractivity contribution in [3.63, 3.8) is 0 Å². The normalized spacial score (nSPS) is 11.0. The fourth-order valence-corrected chi connectivity index (χ4v) is 3.95. The molecule has 0 atom stereocenters. The zero-order valence-electron chi connectivity index (χ0n) is 13.8. The Bertz CT molecular complexity index is 937. The van der Waals surface area contributed by atoms with E-state index >= 15 is 0 Å². The number of benzene rings is 3. The summed E-state index contributed by atoms with van der Waals surface area (Å²) in [6.45, 7) is 0.487. The molecule has 0 radical (unpaired) electrons. The zero-order chi connectivity index (χ0) is 18.4. The summed E-state index contributed by atoms with van der Waals surface area (Å²) >= 11 is 7.14. The standard InChI is InChI=1S/C22H15Br2NO/c23-20-12-17(11-19(14-25)18-9-5-2-6-10-18)13-21(24)22(20)26-15-16-7-3-1-4-8-16/h1-13H,15H2/b19-11+. The van der Waals surface area contributed by atoms with Crippen molar-refractivity contribution < 1.29 is 4.74 Å². The molecule has 0 saturated carbocycles. The number of halogens is 2. The first-order chi connectivity index (χ1) is 12.7. The Morgan fingerprint density at radius 2 is 1.50 bits per heavy atom. The summed E-state index contributed by atoms with van der Waals surface area (Å²) in [5.74, 6) is 0.740. The molecule has 0 bridgehead atoms. The molecular formula is C22H15Br2NO. The molecule has 3 aromatic rings. The monoisotopic (exact) mass is 467 g/mol. The van der Waals surface area contributed by atoms with Crippen LogP contribution in [0.4, 0.5) is 0 Å². The highest BCUT2D eigenvalue weighted by Gasteiger charge is 2.10. The lowest BCUT2D eigenvalue weighted by molar-refractivity contribution is 0.302. The van der Waals surface area contributed by atoms with Crippen LogP contribution in [-0.4, -0.2) is 0 Å².